The van der Waals surface area contributed by atoms with Gasteiger partial charge < -0.3 is 14.5 Å². The van der Waals surface area contributed by atoms with Gasteiger partial charge in [0, 0.05) is 38.6 Å². The lowest BCUT2D eigenvalue weighted by Crippen LogP contribution is -2.21. The highest BCUT2D eigenvalue weighted by Gasteiger charge is 2.32. The highest BCUT2D eigenvalue weighted by molar-refractivity contribution is 6.32. The lowest BCUT2D eigenvalue weighted by atomic mass is 10.1. The number of para-hydroxylation sites is 2. The Morgan fingerprint density at radius 1 is 0.620 bits per heavy atom. The Morgan fingerprint density at radius 2 is 1.08 bits per heavy atom. The van der Waals surface area contributed by atoms with E-state index in [1.807, 2.05) is 142 Å². The standard InChI is InChI=1S/C22H25N3O2.C19H19N3O/c1-4-24(5-2)18-14-12-17(13-15-18)16-20-21(27-6-3)23-25(22(20)26)19-10-8-7-9-11-19;1-14-18(13-15-9-11-16(12-10-15)21(2)3)19(23)22(20-14)17-7-5-4-6-8-17/h7-16H,4-6H2,1-3H3;4-13H,1-3H3/b20-16-;18-13-. The van der Waals surface area contributed by atoms with Crippen molar-refractivity contribution in [2.24, 2.45) is 10.2 Å². The molecular formula is C41H44N6O3. The minimum Gasteiger partial charge on any atom is -0.476 e. The minimum atomic E-state index is -0.183. The number of carbonyl (C=O) groups excluding carboxylic acids is 2. The van der Waals surface area contributed by atoms with Gasteiger partial charge in [0.2, 0.25) is 5.90 Å². The van der Waals surface area contributed by atoms with E-state index in [1.165, 1.54) is 15.7 Å². The maximum absolute atomic E-state index is 12.9. The molecule has 0 aliphatic carbocycles. The monoisotopic (exact) mass is 668 g/mol. The third kappa shape index (κ3) is 8.18. The molecule has 256 valence electrons. The summed E-state index contributed by atoms with van der Waals surface area (Å²) in [5.41, 5.74) is 7.56. The summed E-state index contributed by atoms with van der Waals surface area (Å²) < 4.78 is 5.62. The first kappa shape index (κ1) is 35.3. The molecule has 0 fully saturated rings. The van der Waals surface area contributed by atoms with Crippen LogP contribution in [-0.4, -0.2) is 57.2 Å². The SMILES string of the molecule is CC1=NN(c2ccccc2)C(=O)/C1=C\c1ccc(N(C)C)cc1.CCOC1=NN(c2ccccc2)C(=O)/C1=C\c1ccc(N(CC)CC)cc1. The fourth-order valence-corrected chi connectivity index (χ4v) is 5.51. The summed E-state index contributed by atoms with van der Waals surface area (Å²) >= 11 is 0. The Hall–Kier alpha value is -5.96. The number of nitrogens with zero attached hydrogens (tertiary/aromatic N) is 6. The molecular weight excluding hydrogens is 624 g/mol. The van der Waals surface area contributed by atoms with Gasteiger partial charge >= 0.3 is 0 Å². The van der Waals surface area contributed by atoms with Crippen molar-refractivity contribution in [2.75, 3.05) is 53.6 Å². The van der Waals surface area contributed by atoms with Gasteiger partial charge in [-0.15, -0.1) is 5.10 Å². The van der Waals surface area contributed by atoms with Crippen LogP contribution < -0.4 is 19.8 Å². The third-order valence-electron chi connectivity index (χ3n) is 8.24. The smallest absolute Gasteiger partial charge is 0.284 e. The van der Waals surface area contributed by atoms with Crippen LogP contribution in [0.2, 0.25) is 0 Å². The van der Waals surface area contributed by atoms with Crippen LogP contribution in [0.4, 0.5) is 22.7 Å². The molecule has 50 heavy (non-hydrogen) atoms. The average molecular weight is 669 g/mol. The predicted molar refractivity (Wildman–Crippen MR) is 207 cm³/mol. The molecule has 0 atom stereocenters. The average Bonchev–Trinajstić information content (AvgIpc) is 3.60. The second-order valence-electron chi connectivity index (χ2n) is 11.8. The molecule has 0 bridgehead atoms. The zero-order valence-corrected chi connectivity index (χ0v) is 29.6. The van der Waals surface area contributed by atoms with Crippen LogP contribution in [0.3, 0.4) is 0 Å². The fourth-order valence-electron chi connectivity index (χ4n) is 5.51. The van der Waals surface area contributed by atoms with Gasteiger partial charge in [0.25, 0.3) is 11.8 Å². The Kier molecular flexibility index (Phi) is 11.6. The lowest BCUT2D eigenvalue weighted by Gasteiger charge is -2.20. The first-order valence-electron chi connectivity index (χ1n) is 16.9. The molecule has 0 N–H and O–H groups in total. The van der Waals surface area contributed by atoms with Gasteiger partial charge in [-0.3, -0.25) is 9.59 Å². The number of carbonyl (C=O) groups is 2. The normalized spacial score (nSPS) is 15.6. The van der Waals surface area contributed by atoms with E-state index in [4.69, 9.17) is 4.74 Å². The molecule has 4 aromatic carbocycles. The van der Waals surface area contributed by atoms with Gasteiger partial charge in [-0.25, -0.2) is 0 Å². The van der Waals surface area contributed by atoms with Gasteiger partial charge in [0.05, 0.1) is 29.3 Å². The van der Waals surface area contributed by atoms with Gasteiger partial charge in [0.1, 0.15) is 5.57 Å². The van der Waals surface area contributed by atoms with Crippen LogP contribution >= 0.6 is 0 Å². The van der Waals surface area contributed by atoms with Crippen molar-refractivity contribution < 1.29 is 14.3 Å². The van der Waals surface area contributed by atoms with Crippen molar-refractivity contribution in [3.05, 3.63) is 131 Å². The first-order valence-corrected chi connectivity index (χ1v) is 16.9. The Bertz CT molecular complexity index is 1890. The second kappa shape index (κ2) is 16.4. The Morgan fingerprint density at radius 3 is 1.56 bits per heavy atom. The predicted octanol–water partition coefficient (Wildman–Crippen LogP) is 7.87. The number of hydrazone groups is 2. The lowest BCUT2D eigenvalue weighted by molar-refractivity contribution is -0.115. The van der Waals surface area contributed by atoms with Crippen LogP contribution in [0.1, 0.15) is 38.8 Å². The quantitative estimate of drug-likeness (QED) is 0.170. The first-order chi connectivity index (χ1) is 24.2. The molecule has 6 rings (SSSR count). The van der Waals surface area contributed by atoms with Crippen molar-refractivity contribution in [1.82, 2.24) is 0 Å². The molecule has 2 amide bonds. The molecule has 0 spiro atoms. The molecule has 0 aromatic heterocycles. The Balaban J connectivity index is 0.000000197. The van der Waals surface area contributed by atoms with Crippen molar-refractivity contribution in [1.29, 1.82) is 0 Å². The summed E-state index contributed by atoms with van der Waals surface area (Å²) in [6, 6.07) is 35.1. The highest BCUT2D eigenvalue weighted by Crippen LogP contribution is 2.27. The maximum atomic E-state index is 12.9. The molecule has 0 unspecified atom stereocenters. The molecule has 2 heterocycles. The number of ether oxygens (including phenoxy) is 1. The fraction of sp³-hybridized carbons (Fsp3) is 0.220. The van der Waals surface area contributed by atoms with Gasteiger partial charge in [-0.2, -0.15) is 15.1 Å². The van der Waals surface area contributed by atoms with Crippen LogP contribution in [-0.2, 0) is 14.3 Å². The molecule has 0 saturated carbocycles. The van der Waals surface area contributed by atoms with E-state index in [0.717, 1.165) is 47.0 Å². The van der Waals surface area contributed by atoms with E-state index in [1.54, 1.807) is 0 Å². The van der Waals surface area contributed by atoms with E-state index in [9.17, 15) is 9.59 Å². The Labute approximate surface area is 295 Å². The van der Waals surface area contributed by atoms with Crippen LogP contribution in [0, 0.1) is 0 Å². The summed E-state index contributed by atoms with van der Waals surface area (Å²) in [5.74, 6) is 0.0852. The maximum Gasteiger partial charge on any atom is 0.284 e. The molecule has 0 radical (unpaired) electrons. The van der Waals surface area contributed by atoms with Gasteiger partial charge in [-0.1, -0.05) is 60.7 Å². The number of benzene rings is 4. The summed E-state index contributed by atoms with van der Waals surface area (Å²) in [6.45, 7) is 10.4. The van der Waals surface area contributed by atoms with E-state index in [-0.39, 0.29) is 11.8 Å². The second-order valence-corrected chi connectivity index (χ2v) is 11.8. The van der Waals surface area contributed by atoms with Crippen LogP contribution in [0.5, 0.6) is 0 Å². The van der Waals surface area contributed by atoms with E-state index < -0.39 is 0 Å². The van der Waals surface area contributed by atoms with E-state index in [2.05, 4.69) is 41.1 Å². The number of rotatable bonds is 9. The molecule has 9 nitrogen and oxygen atoms in total. The zero-order chi connectivity index (χ0) is 35.6. The highest BCUT2D eigenvalue weighted by atomic mass is 16.5. The van der Waals surface area contributed by atoms with Gasteiger partial charge in [0.15, 0.2) is 0 Å². The molecule has 2 aliphatic heterocycles. The topological polar surface area (TPSA) is 81.0 Å². The molecule has 9 heteroatoms. The van der Waals surface area contributed by atoms with Crippen LogP contribution in [0.25, 0.3) is 12.2 Å². The summed E-state index contributed by atoms with van der Waals surface area (Å²) in [6.07, 6.45) is 3.73. The largest absolute Gasteiger partial charge is 0.476 e. The number of hydrogen-bond acceptors (Lipinski definition) is 7. The van der Waals surface area contributed by atoms with E-state index >= 15 is 0 Å². The van der Waals surface area contributed by atoms with Crippen molar-refractivity contribution >= 4 is 58.3 Å². The van der Waals surface area contributed by atoms with E-state index in [0.29, 0.717) is 23.7 Å². The summed E-state index contributed by atoms with van der Waals surface area (Å²) in [7, 11) is 4.00. The number of anilines is 4. The number of hydrogen-bond donors (Lipinski definition) is 0. The third-order valence-corrected chi connectivity index (χ3v) is 8.24. The molecule has 2 aliphatic rings. The summed E-state index contributed by atoms with van der Waals surface area (Å²) in [5, 5.41) is 11.6. The van der Waals surface area contributed by atoms with Crippen molar-refractivity contribution in [3.63, 3.8) is 0 Å². The molecule has 4 aromatic rings. The van der Waals surface area contributed by atoms with Crippen molar-refractivity contribution in [2.45, 2.75) is 27.7 Å². The van der Waals surface area contributed by atoms with Crippen LogP contribution in [0.15, 0.2) is 131 Å². The zero-order valence-electron chi connectivity index (χ0n) is 29.6. The van der Waals surface area contributed by atoms with Crippen molar-refractivity contribution in [3.8, 4) is 0 Å². The summed E-state index contributed by atoms with van der Waals surface area (Å²) in [4.78, 5) is 29.9. The van der Waals surface area contributed by atoms with Gasteiger partial charge in [-0.05, 0) is 99.5 Å². The minimum absolute atomic E-state index is 0.0922. The molecule has 0 saturated heterocycles. The number of amides is 2.